The predicted octanol–water partition coefficient (Wildman–Crippen LogP) is 5.89. The molecule has 0 unspecified atom stereocenters. The summed E-state index contributed by atoms with van der Waals surface area (Å²) < 4.78 is 14.6. The zero-order chi connectivity index (χ0) is 31.4. The number of aromatic nitrogens is 3. The second-order valence-corrected chi connectivity index (χ2v) is 13.5. The van der Waals surface area contributed by atoms with E-state index in [0.717, 1.165) is 5.57 Å². The molecule has 1 aromatic carbocycles. The Bertz CT molecular complexity index is 1640. The van der Waals surface area contributed by atoms with Crippen molar-refractivity contribution < 1.29 is 23.9 Å². The van der Waals surface area contributed by atoms with Crippen LogP contribution in [0.5, 0.6) is 0 Å². The van der Waals surface area contributed by atoms with Crippen LogP contribution in [0.1, 0.15) is 70.0 Å². The minimum atomic E-state index is -0.711. The molecular weight excluding hydrogens is 572 g/mol. The van der Waals surface area contributed by atoms with Crippen molar-refractivity contribution in [1.29, 1.82) is 0 Å². The number of ether oxygens (including phenoxy) is 2. The van der Waals surface area contributed by atoms with Crippen LogP contribution >= 0.6 is 11.6 Å². The Kier molecular flexibility index (Phi) is 7.75. The Labute approximate surface area is 256 Å². The molecule has 2 aromatic heterocycles. The summed E-state index contributed by atoms with van der Waals surface area (Å²) in [5.41, 5.74) is 1.15. The molecule has 0 atom stereocenters. The monoisotopic (exact) mass is 610 g/mol. The number of benzene rings is 1. The van der Waals surface area contributed by atoms with Crippen LogP contribution in [0.4, 0.5) is 15.4 Å². The maximum absolute atomic E-state index is 14.0. The van der Waals surface area contributed by atoms with Gasteiger partial charge in [0.15, 0.2) is 11.5 Å². The number of amides is 2. The molecule has 0 radical (unpaired) electrons. The van der Waals surface area contributed by atoms with Gasteiger partial charge in [0, 0.05) is 42.3 Å². The highest BCUT2D eigenvalue weighted by Gasteiger charge is 2.36. The van der Waals surface area contributed by atoms with E-state index in [1.165, 1.54) is 4.57 Å². The van der Waals surface area contributed by atoms with Gasteiger partial charge < -0.3 is 28.7 Å². The van der Waals surface area contributed by atoms with Crippen molar-refractivity contribution in [2.45, 2.75) is 65.7 Å². The Morgan fingerprint density at radius 2 is 1.70 bits per heavy atom. The zero-order valence-corrected chi connectivity index (χ0v) is 26.8. The SMILES string of the molecule is CN1CN(Cc2cc3c(Cl)cccc3n2C(=O)OC(C)(C)C)C(=O)c2c1nc(C1=CCCN(C(=O)OC(C)(C)C)C1)n2C. The molecule has 4 heterocycles. The van der Waals surface area contributed by atoms with E-state index in [0.29, 0.717) is 58.5 Å². The molecule has 3 aromatic rings. The molecule has 5 rings (SSSR count). The summed E-state index contributed by atoms with van der Waals surface area (Å²) in [5.74, 6) is 0.960. The lowest BCUT2D eigenvalue weighted by Crippen LogP contribution is -2.45. The fourth-order valence-electron chi connectivity index (χ4n) is 5.41. The summed E-state index contributed by atoms with van der Waals surface area (Å²) in [5, 5.41) is 1.20. The lowest BCUT2D eigenvalue weighted by Gasteiger charge is -2.33. The van der Waals surface area contributed by atoms with Gasteiger partial charge in [-0.15, -0.1) is 0 Å². The molecule has 12 heteroatoms. The van der Waals surface area contributed by atoms with Crippen LogP contribution in [0.25, 0.3) is 16.5 Å². The highest BCUT2D eigenvalue weighted by molar-refractivity contribution is 6.35. The molecule has 2 amide bonds. The number of hydrogen-bond donors (Lipinski definition) is 0. The zero-order valence-electron chi connectivity index (χ0n) is 26.0. The quantitative estimate of drug-likeness (QED) is 0.365. The lowest BCUT2D eigenvalue weighted by atomic mass is 10.1. The van der Waals surface area contributed by atoms with Crippen LogP contribution < -0.4 is 4.90 Å². The molecule has 0 saturated carbocycles. The number of halogens is 1. The van der Waals surface area contributed by atoms with E-state index in [4.69, 9.17) is 26.1 Å². The van der Waals surface area contributed by atoms with Gasteiger partial charge in [0.1, 0.15) is 17.0 Å². The average molecular weight is 611 g/mol. The number of imidazole rings is 1. The maximum Gasteiger partial charge on any atom is 0.419 e. The molecule has 2 aliphatic heterocycles. The Balaban J connectivity index is 1.45. The molecule has 0 bridgehead atoms. The molecule has 2 aliphatic rings. The number of carbonyl (C=O) groups is 3. The van der Waals surface area contributed by atoms with Crippen molar-refractivity contribution in [1.82, 2.24) is 23.9 Å². The Hall–Kier alpha value is -3.99. The van der Waals surface area contributed by atoms with Crippen molar-refractivity contribution in [2.75, 3.05) is 31.7 Å². The summed E-state index contributed by atoms with van der Waals surface area (Å²) >= 11 is 6.50. The molecule has 11 nitrogen and oxygen atoms in total. The predicted molar refractivity (Wildman–Crippen MR) is 165 cm³/mol. The average Bonchev–Trinajstić information content (AvgIpc) is 3.44. The molecule has 0 N–H and O–H groups in total. The van der Waals surface area contributed by atoms with Crippen LogP contribution in [0.15, 0.2) is 30.3 Å². The molecular formula is C31H39ClN6O5. The van der Waals surface area contributed by atoms with Gasteiger partial charge >= 0.3 is 12.2 Å². The third-order valence-corrected chi connectivity index (χ3v) is 7.53. The summed E-state index contributed by atoms with van der Waals surface area (Å²) in [4.78, 5) is 50.2. The van der Waals surface area contributed by atoms with Crippen molar-refractivity contribution >= 4 is 52.0 Å². The number of rotatable bonds is 3. The molecule has 0 spiro atoms. The standard InChI is InChI=1S/C31H39ClN6O5/c1-30(2,3)42-28(40)36-14-10-11-19(16-36)25-33-26-24(35(25)8)27(39)37(18-34(26)7)17-20-15-21-22(32)12-9-13-23(21)38(20)29(41)43-31(4,5)6/h9,11-13,15H,10,14,16-18H2,1-8H3. The number of nitrogens with zero attached hydrogens (tertiary/aromatic N) is 6. The molecule has 230 valence electrons. The van der Waals surface area contributed by atoms with Gasteiger partial charge in [-0.3, -0.25) is 4.79 Å². The minimum Gasteiger partial charge on any atom is -0.444 e. The third kappa shape index (κ3) is 6.08. The summed E-state index contributed by atoms with van der Waals surface area (Å²) in [6.45, 7) is 12.2. The van der Waals surface area contributed by atoms with Gasteiger partial charge in [-0.2, -0.15) is 0 Å². The number of anilines is 1. The molecule has 0 saturated heterocycles. The first-order valence-corrected chi connectivity index (χ1v) is 14.7. The van der Waals surface area contributed by atoms with E-state index in [1.807, 2.05) is 65.6 Å². The van der Waals surface area contributed by atoms with Gasteiger partial charge in [-0.1, -0.05) is 23.7 Å². The van der Waals surface area contributed by atoms with Crippen LogP contribution in [0, 0.1) is 0 Å². The number of fused-ring (bicyclic) bond motifs is 2. The Morgan fingerprint density at radius 3 is 2.37 bits per heavy atom. The largest absolute Gasteiger partial charge is 0.444 e. The van der Waals surface area contributed by atoms with E-state index < -0.39 is 17.3 Å². The molecule has 0 aliphatic carbocycles. The van der Waals surface area contributed by atoms with E-state index >= 15 is 0 Å². The second kappa shape index (κ2) is 10.9. The first-order valence-electron chi connectivity index (χ1n) is 14.3. The summed E-state index contributed by atoms with van der Waals surface area (Å²) in [6, 6.07) is 7.18. The van der Waals surface area contributed by atoms with Crippen LogP contribution in [-0.4, -0.2) is 80.0 Å². The van der Waals surface area contributed by atoms with E-state index in [2.05, 4.69) is 6.08 Å². The van der Waals surface area contributed by atoms with Crippen molar-refractivity contribution in [3.8, 4) is 0 Å². The molecule has 0 fully saturated rings. The lowest BCUT2D eigenvalue weighted by molar-refractivity contribution is 0.0272. The van der Waals surface area contributed by atoms with Crippen LogP contribution in [0.2, 0.25) is 5.02 Å². The van der Waals surface area contributed by atoms with E-state index in [-0.39, 0.29) is 25.2 Å². The fourth-order valence-corrected chi connectivity index (χ4v) is 5.63. The summed E-state index contributed by atoms with van der Waals surface area (Å²) in [7, 11) is 3.68. The van der Waals surface area contributed by atoms with E-state index in [1.54, 1.807) is 33.5 Å². The fraction of sp³-hybridized carbons (Fsp3) is 0.484. The van der Waals surface area contributed by atoms with Crippen molar-refractivity contribution in [3.63, 3.8) is 0 Å². The maximum atomic E-state index is 14.0. The van der Waals surface area contributed by atoms with Gasteiger partial charge in [0.25, 0.3) is 5.91 Å². The first-order chi connectivity index (χ1) is 20.0. The van der Waals surface area contributed by atoms with Gasteiger partial charge in [0.05, 0.1) is 25.3 Å². The smallest absolute Gasteiger partial charge is 0.419 e. The van der Waals surface area contributed by atoms with Crippen molar-refractivity contribution in [2.24, 2.45) is 7.05 Å². The highest BCUT2D eigenvalue weighted by atomic mass is 35.5. The number of hydrogen-bond acceptors (Lipinski definition) is 7. The van der Waals surface area contributed by atoms with Crippen LogP contribution in [-0.2, 0) is 23.1 Å². The van der Waals surface area contributed by atoms with Crippen molar-refractivity contribution in [3.05, 3.63) is 52.6 Å². The Morgan fingerprint density at radius 1 is 1.02 bits per heavy atom. The highest BCUT2D eigenvalue weighted by Crippen LogP contribution is 2.33. The third-order valence-electron chi connectivity index (χ3n) is 7.20. The first kappa shape index (κ1) is 30.5. The van der Waals surface area contributed by atoms with Gasteiger partial charge in [-0.05, 0) is 66.2 Å². The number of carbonyl (C=O) groups excluding carboxylic acids is 3. The molecule has 43 heavy (non-hydrogen) atoms. The van der Waals surface area contributed by atoms with Crippen LogP contribution in [0.3, 0.4) is 0 Å². The van der Waals surface area contributed by atoms with E-state index in [9.17, 15) is 14.4 Å². The minimum absolute atomic E-state index is 0.141. The van der Waals surface area contributed by atoms with Gasteiger partial charge in [0.2, 0.25) is 0 Å². The summed E-state index contributed by atoms with van der Waals surface area (Å²) in [6.07, 6.45) is 1.79. The van der Waals surface area contributed by atoms with Gasteiger partial charge in [-0.25, -0.2) is 19.1 Å². The normalized spacial score (nSPS) is 16.0. The second-order valence-electron chi connectivity index (χ2n) is 13.1. The topological polar surface area (TPSA) is 102 Å².